The Balaban J connectivity index is 2.12. The average Bonchev–Trinajstić information content (AvgIpc) is 2.91. The number of oxime groups is 1. The lowest BCUT2D eigenvalue weighted by molar-refractivity contribution is 0.0157. The number of nitrogens with zero attached hydrogens (tertiary/aromatic N) is 2. The number of benzene rings is 1. The summed E-state index contributed by atoms with van der Waals surface area (Å²) < 4.78 is 0. The second-order valence-corrected chi connectivity index (χ2v) is 5.66. The van der Waals surface area contributed by atoms with Gasteiger partial charge in [-0.05, 0) is 25.0 Å². The molecule has 1 aromatic carbocycles. The molecule has 0 radical (unpaired) electrons. The van der Waals surface area contributed by atoms with Gasteiger partial charge in [-0.3, -0.25) is 4.79 Å². The Morgan fingerprint density at radius 1 is 1.38 bits per heavy atom. The Morgan fingerprint density at radius 3 is 2.62 bits per heavy atom. The van der Waals surface area contributed by atoms with E-state index < -0.39 is 5.60 Å². The van der Waals surface area contributed by atoms with Crippen molar-refractivity contribution in [3.63, 3.8) is 0 Å². The molecule has 0 aliphatic heterocycles. The van der Waals surface area contributed by atoms with Crippen molar-refractivity contribution in [3.8, 4) is 0 Å². The van der Waals surface area contributed by atoms with Gasteiger partial charge >= 0.3 is 0 Å². The zero-order valence-electron chi connectivity index (χ0n) is 12.1. The Bertz CT molecular complexity index is 551. The first-order chi connectivity index (χ1) is 9.95. The molecule has 0 spiro atoms. The van der Waals surface area contributed by atoms with Crippen molar-refractivity contribution in [1.82, 2.24) is 4.90 Å². The van der Waals surface area contributed by atoms with Crippen LogP contribution in [0.4, 0.5) is 0 Å². The van der Waals surface area contributed by atoms with Crippen molar-refractivity contribution < 1.29 is 15.1 Å². The normalized spacial score (nSPS) is 17.7. The molecule has 1 saturated carbocycles. The molecule has 0 saturated heterocycles. The molecule has 6 nitrogen and oxygen atoms in total. The molecule has 1 amide bonds. The van der Waals surface area contributed by atoms with E-state index in [1.807, 2.05) is 0 Å². The summed E-state index contributed by atoms with van der Waals surface area (Å²) >= 11 is 0. The third-order valence-corrected chi connectivity index (χ3v) is 3.93. The maximum atomic E-state index is 12.4. The topological polar surface area (TPSA) is 99.2 Å². The molecule has 1 aliphatic carbocycles. The van der Waals surface area contributed by atoms with Crippen LogP contribution in [-0.4, -0.2) is 46.1 Å². The molecule has 0 heterocycles. The minimum Gasteiger partial charge on any atom is -0.409 e. The number of amidine groups is 1. The summed E-state index contributed by atoms with van der Waals surface area (Å²) in [5, 5.41) is 22.0. The predicted octanol–water partition coefficient (Wildman–Crippen LogP) is 1.16. The van der Waals surface area contributed by atoms with E-state index in [0.717, 1.165) is 25.7 Å². The van der Waals surface area contributed by atoms with Crippen LogP contribution in [0, 0.1) is 0 Å². The lowest BCUT2D eigenvalue weighted by Gasteiger charge is -2.28. The van der Waals surface area contributed by atoms with Crippen LogP contribution in [0.2, 0.25) is 0 Å². The van der Waals surface area contributed by atoms with E-state index >= 15 is 0 Å². The maximum absolute atomic E-state index is 12.4. The van der Waals surface area contributed by atoms with Gasteiger partial charge in [0.1, 0.15) is 0 Å². The highest BCUT2D eigenvalue weighted by molar-refractivity contribution is 6.01. The first kappa shape index (κ1) is 15.3. The summed E-state index contributed by atoms with van der Waals surface area (Å²) in [4.78, 5) is 13.9. The molecule has 21 heavy (non-hydrogen) atoms. The maximum Gasteiger partial charge on any atom is 0.253 e. The molecule has 0 unspecified atom stereocenters. The minimum atomic E-state index is -0.770. The molecule has 1 aromatic rings. The second-order valence-electron chi connectivity index (χ2n) is 5.66. The number of rotatable bonds is 4. The van der Waals surface area contributed by atoms with Gasteiger partial charge in [0, 0.05) is 24.7 Å². The summed E-state index contributed by atoms with van der Waals surface area (Å²) in [5.41, 5.74) is 5.69. The third-order valence-electron chi connectivity index (χ3n) is 3.93. The van der Waals surface area contributed by atoms with Crippen LogP contribution in [0.3, 0.4) is 0 Å². The summed E-state index contributed by atoms with van der Waals surface area (Å²) in [5.74, 6) is -0.232. The van der Waals surface area contributed by atoms with Crippen molar-refractivity contribution in [1.29, 1.82) is 0 Å². The van der Waals surface area contributed by atoms with Gasteiger partial charge in [-0.15, -0.1) is 0 Å². The quantitative estimate of drug-likeness (QED) is 0.335. The molecule has 0 aromatic heterocycles. The fourth-order valence-electron chi connectivity index (χ4n) is 2.79. The van der Waals surface area contributed by atoms with Crippen LogP contribution < -0.4 is 5.73 Å². The first-order valence-corrected chi connectivity index (χ1v) is 7.01. The zero-order chi connectivity index (χ0) is 15.5. The van der Waals surface area contributed by atoms with Crippen LogP contribution in [0.1, 0.15) is 41.6 Å². The summed E-state index contributed by atoms with van der Waals surface area (Å²) in [7, 11) is 1.68. The second kappa shape index (κ2) is 6.13. The van der Waals surface area contributed by atoms with Crippen LogP contribution in [0.5, 0.6) is 0 Å². The Kier molecular flexibility index (Phi) is 4.47. The molecule has 4 N–H and O–H groups in total. The fraction of sp³-hybridized carbons (Fsp3) is 0.467. The van der Waals surface area contributed by atoms with Gasteiger partial charge in [0.15, 0.2) is 5.84 Å². The van der Waals surface area contributed by atoms with Crippen LogP contribution in [0.15, 0.2) is 29.4 Å². The number of amides is 1. The molecular weight excluding hydrogens is 270 g/mol. The Hall–Kier alpha value is -2.08. The lowest BCUT2D eigenvalue weighted by Crippen LogP contribution is -2.42. The molecule has 114 valence electrons. The molecule has 1 aliphatic rings. The number of carbonyl (C=O) groups excluding carboxylic acids is 1. The Labute approximate surface area is 123 Å². The van der Waals surface area contributed by atoms with E-state index in [1.165, 1.54) is 4.90 Å². The van der Waals surface area contributed by atoms with E-state index in [-0.39, 0.29) is 11.7 Å². The molecule has 0 atom stereocenters. The molecule has 2 rings (SSSR count). The highest BCUT2D eigenvalue weighted by atomic mass is 16.4. The van der Waals surface area contributed by atoms with Crippen LogP contribution >= 0.6 is 0 Å². The highest BCUT2D eigenvalue weighted by Crippen LogP contribution is 2.30. The summed E-state index contributed by atoms with van der Waals surface area (Å²) in [6, 6.07) is 6.59. The first-order valence-electron chi connectivity index (χ1n) is 7.01. The van der Waals surface area contributed by atoms with Gasteiger partial charge in [0.2, 0.25) is 0 Å². The number of likely N-dealkylation sites (N-methyl/N-ethyl adjacent to an activating group) is 1. The highest BCUT2D eigenvalue weighted by Gasteiger charge is 2.33. The number of aliphatic hydroxyl groups is 1. The van der Waals surface area contributed by atoms with E-state index in [0.29, 0.717) is 17.7 Å². The lowest BCUT2D eigenvalue weighted by atomic mass is 10.0. The average molecular weight is 291 g/mol. The van der Waals surface area contributed by atoms with Crippen molar-refractivity contribution in [3.05, 3.63) is 35.4 Å². The minimum absolute atomic E-state index is 0.0401. The summed E-state index contributed by atoms with van der Waals surface area (Å²) in [6.07, 6.45) is 3.46. The monoisotopic (exact) mass is 291 g/mol. The van der Waals surface area contributed by atoms with Crippen molar-refractivity contribution in [2.45, 2.75) is 31.3 Å². The van der Waals surface area contributed by atoms with Gasteiger partial charge < -0.3 is 20.9 Å². The summed E-state index contributed by atoms with van der Waals surface area (Å²) in [6.45, 7) is 0.319. The number of hydrogen-bond acceptors (Lipinski definition) is 4. The largest absolute Gasteiger partial charge is 0.409 e. The van der Waals surface area contributed by atoms with E-state index in [1.54, 1.807) is 31.3 Å². The van der Waals surface area contributed by atoms with Crippen molar-refractivity contribution >= 4 is 11.7 Å². The van der Waals surface area contributed by atoms with Crippen molar-refractivity contribution in [2.75, 3.05) is 13.6 Å². The number of carbonyl (C=O) groups is 1. The number of hydrogen-bond donors (Lipinski definition) is 3. The van der Waals surface area contributed by atoms with E-state index in [9.17, 15) is 9.90 Å². The van der Waals surface area contributed by atoms with Crippen molar-refractivity contribution in [2.24, 2.45) is 10.9 Å². The third kappa shape index (κ3) is 3.52. The van der Waals surface area contributed by atoms with E-state index in [2.05, 4.69) is 5.16 Å². The van der Waals surface area contributed by atoms with Crippen LogP contribution in [-0.2, 0) is 0 Å². The Morgan fingerprint density at radius 2 is 2.00 bits per heavy atom. The predicted molar refractivity (Wildman–Crippen MR) is 79.3 cm³/mol. The van der Waals surface area contributed by atoms with Crippen LogP contribution in [0.25, 0.3) is 0 Å². The molecule has 1 fully saturated rings. The smallest absolute Gasteiger partial charge is 0.253 e. The zero-order valence-corrected chi connectivity index (χ0v) is 12.1. The van der Waals surface area contributed by atoms with Gasteiger partial charge in [-0.25, -0.2) is 0 Å². The molecule has 6 heteroatoms. The fourth-order valence-corrected chi connectivity index (χ4v) is 2.79. The number of nitrogens with two attached hydrogens (primary N) is 1. The molecule has 0 bridgehead atoms. The standard InChI is InChI=1S/C15H21N3O3/c1-18(10-15(20)7-2-3-8-15)14(19)12-6-4-5-11(9-12)13(16)17-21/h4-6,9,20-21H,2-3,7-8,10H2,1H3,(H2,16,17). The van der Waals surface area contributed by atoms with Gasteiger partial charge in [-0.2, -0.15) is 0 Å². The van der Waals surface area contributed by atoms with Gasteiger partial charge in [0.05, 0.1) is 5.60 Å². The van der Waals surface area contributed by atoms with Gasteiger partial charge in [-0.1, -0.05) is 30.1 Å². The SMILES string of the molecule is CN(CC1(O)CCCC1)C(=O)c1cccc(/C(N)=N/O)c1. The van der Waals surface area contributed by atoms with E-state index in [4.69, 9.17) is 10.9 Å². The molecular formula is C15H21N3O3. The van der Waals surface area contributed by atoms with Gasteiger partial charge in [0.25, 0.3) is 5.91 Å².